The van der Waals surface area contributed by atoms with Gasteiger partial charge in [0, 0.05) is 13.0 Å². The lowest BCUT2D eigenvalue weighted by atomic mass is 10.1. The van der Waals surface area contributed by atoms with E-state index in [0.717, 1.165) is 19.6 Å². The van der Waals surface area contributed by atoms with Crippen molar-refractivity contribution in [1.82, 2.24) is 4.90 Å². The Kier molecular flexibility index (Phi) is 15.5. The molecule has 0 radical (unpaired) electrons. The Bertz CT molecular complexity index is 400. The van der Waals surface area contributed by atoms with Crippen LogP contribution in [0.15, 0.2) is 12.2 Å². The number of amidine groups is 1. The Morgan fingerprint density at radius 2 is 1.44 bits per heavy atom. The van der Waals surface area contributed by atoms with Crippen molar-refractivity contribution in [2.24, 2.45) is 5.73 Å². The third kappa shape index (κ3) is 11.6. The standard InChI is InChI=1S/C24H48N3/c1-3-5-6-7-8-9-10-11-12-13-14-15-16-17-18-19-24-26(4-2)22-23-27(24)21-20-25/h11-12H,3-10,13-23,25H2,1-2H3/q+1/b12-11+. The fraction of sp³-hybridized carbons (Fsp3) is 0.875. The molecule has 0 aromatic rings. The highest BCUT2D eigenvalue weighted by Crippen LogP contribution is 2.12. The molecule has 3 heteroatoms. The van der Waals surface area contributed by atoms with Gasteiger partial charge in [-0.1, -0.05) is 70.4 Å². The first-order chi connectivity index (χ1) is 13.3. The largest absolute Gasteiger partial charge is 0.327 e. The molecule has 0 unspecified atom stereocenters. The Labute approximate surface area is 170 Å². The van der Waals surface area contributed by atoms with Crippen LogP contribution in [0, 0.1) is 0 Å². The van der Waals surface area contributed by atoms with Crippen LogP contribution >= 0.6 is 0 Å². The van der Waals surface area contributed by atoms with Gasteiger partial charge in [0.15, 0.2) is 0 Å². The normalized spacial score (nSPS) is 14.9. The highest BCUT2D eigenvalue weighted by atomic mass is 15.3. The van der Waals surface area contributed by atoms with E-state index in [1.54, 1.807) is 5.84 Å². The van der Waals surface area contributed by atoms with Gasteiger partial charge in [0.05, 0.1) is 13.1 Å². The number of rotatable bonds is 18. The Balaban J connectivity index is 1.94. The maximum absolute atomic E-state index is 5.76. The number of allylic oxidation sites excluding steroid dienone is 2. The Hall–Kier alpha value is -0.830. The van der Waals surface area contributed by atoms with E-state index in [0.29, 0.717) is 0 Å². The average Bonchev–Trinajstić information content (AvgIpc) is 3.07. The molecule has 1 rings (SSSR count). The maximum Gasteiger partial charge on any atom is 0.247 e. The molecular formula is C24H48N3+. The van der Waals surface area contributed by atoms with Crippen LogP contribution in [0.5, 0.6) is 0 Å². The molecule has 0 saturated carbocycles. The van der Waals surface area contributed by atoms with Gasteiger partial charge >= 0.3 is 0 Å². The van der Waals surface area contributed by atoms with E-state index in [2.05, 4.69) is 35.5 Å². The predicted octanol–water partition coefficient (Wildman–Crippen LogP) is 5.73. The van der Waals surface area contributed by atoms with Crippen molar-refractivity contribution in [2.45, 2.75) is 104 Å². The number of unbranched alkanes of at least 4 members (excludes halogenated alkanes) is 11. The van der Waals surface area contributed by atoms with Crippen LogP contribution < -0.4 is 5.73 Å². The monoisotopic (exact) mass is 378 g/mol. The molecule has 0 atom stereocenters. The average molecular weight is 379 g/mol. The highest BCUT2D eigenvalue weighted by Gasteiger charge is 2.27. The van der Waals surface area contributed by atoms with E-state index in [-0.39, 0.29) is 0 Å². The number of likely N-dealkylation sites (N-methyl/N-ethyl adjacent to an activating group) is 1. The lowest BCUT2D eigenvalue weighted by Crippen LogP contribution is -2.34. The number of hydrogen-bond acceptors (Lipinski definition) is 2. The van der Waals surface area contributed by atoms with Crippen LogP contribution in [0.3, 0.4) is 0 Å². The van der Waals surface area contributed by atoms with E-state index >= 15 is 0 Å². The summed E-state index contributed by atoms with van der Waals surface area (Å²) in [6.07, 6.45) is 23.9. The van der Waals surface area contributed by atoms with E-state index in [9.17, 15) is 0 Å². The van der Waals surface area contributed by atoms with E-state index in [1.807, 2.05) is 0 Å². The molecule has 0 bridgehead atoms. The van der Waals surface area contributed by atoms with Gasteiger partial charge in [0.2, 0.25) is 5.84 Å². The van der Waals surface area contributed by atoms with Gasteiger partial charge in [-0.15, -0.1) is 0 Å². The number of nitrogens with two attached hydrogens (primary N) is 1. The molecule has 27 heavy (non-hydrogen) atoms. The molecule has 1 aliphatic heterocycles. The molecule has 3 nitrogen and oxygen atoms in total. The summed E-state index contributed by atoms with van der Waals surface area (Å²) in [6.45, 7) is 9.86. The second-order valence-corrected chi connectivity index (χ2v) is 8.11. The van der Waals surface area contributed by atoms with E-state index in [4.69, 9.17) is 5.73 Å². The lowest BCUT2D eigenvalue weighted by Gasteiger charge is -2.12. The molecular weight excluding hydrogens is 330 g/mol. The van der Waals surface area contributed by atoms with Crippen LogP contribution in [-0.4, -0.2) is 48.0 Å². The van der Waals surface area contributed by atoms with Crippen LogP contribution in [0.25, 0.3) is 0 Å². The minimum atomic E-state index is 0.771. The molecule has 2 N–H and O–H groups in total. The summed E-state index contributed by atoms with van der Waals surface area (Å²) in [4.78, 5) is 2.51. The summed E-state index contributed by atoms with van der Waals surface area (Å²) >= 11 is 0. The molecule has 158 valence electrons. The molecule has 0 fully saturated rings. The minimum absolute atomic E-state index is 0.771. The smallest absolute Gasteiger partial charge is 0.247 e. The summed E-state index contributed by atoms with van der Waals surface area (Å²) in [5, 5.41) is 0. The topological polar surface area (TPSA) is 32.3 Å². The van der Waals surface area contributed by atoms with Gasteiger partial charge in [-0.25, -0.2) is 0 Å². The van der Waals surface area contributed by atoms with Crippen LogP contribution in [0.1, 0.15) is 104 Å². The van der Waals surface area contributed by atoms with Gasteiger partial charge in [0.1, 0.15) is 13.1 Å². The van der Waals surface area contributed by atoms with Crippen molar-refractivity contribution < 1.29 is 4.58 Å². The zero-order valence-corrected chi connectivity index (χ0v) is 18.6. The number of nitrogens with zero attached hydrogens (tertiary/aromatic N) is 2. The molecule has 1 heterocycles. The summed E-state index contributed by atoms with van der Waals surface area (Å²) in [5.41, 5.74) is 5.76. The van der Waals surface area contributed by atoms with Crippen molar-refractivity contribution in [3.8, 4) is 0 Å². The summed E-state index contributed by atoms with van der Waals surface area (Å²) < 4.78 is 2.55. The van der Waals surface area contributed by atoms with Crippen molar-refractivity contribution in [3.63, 3.8) is 0 Å². The van der Waals surface area contributed by atoms with E-state index in [1.165, 1.54) is 103 Å². The molecule has 0 saturated heterocycles. The fourth-order valence-corrected chi connectivity index (χ4v) is 4.11. The molecule has 0 aliphatic carbocycles. The van der Waals surface area contributed by atoms with E-state index < -0.39 is 0 Å². The third-order valence-corrected chi connectivity index (χ3v) is 5.81. The van der Waals surface area contributed by atoms with Crippen LogP contribution in [-0.2, 0) is 0 Å². The molecule has 0 spiro atoms. The summed E-state index contributed by atoms with van der Waals surface area (Å²) in [7, 11) is 0. The summed E-state index contributed by atoms with van der Waals surface area (Å²) in [5.74, 6) is 1.56. The quantitative estimate of drug-likeness (QED) is 0.188. The second kappa shape index (κ2) is 17.3. The first-order valence-electron chi connectivity index (χ1n) is 12.0. The molecule has 0 amide bonds. The van der Waals surface area contributed by atoms with Gasteiger partial charge < -0.3 is 5.73 Å². The van der Waals surface area contributed by atoms with Gasteiger partial charge in [0.25, 0.3) is 0 Å². The fourth-order valence-electron chi connectivity index (χ4n) is 4.11. The van der Waals surface area contributed by atoms with Gasteiger partial charge in [-0.3, -0.25) is 9.48 Å². The van der Waals surface area contributed by atoms with Crippen molar-refractivity contribution in [3.05, 3.63) is 12.2 Å². The zero-order valence-electron chi connectivity index (χ0n) is 18.6. The maximum atomic E-state index is 5.76. The zero-order chi connectivity index (χ0) is 19.6. The minimum Gasteiger partial charge on any atom is -0.327 e. The number of hydrogen-bond donors (Lipinski definition) is 1. The van der Waals surface area contributed by atoms with Gasteiger partial charge in [-0.05, 0) is 39.0 Å². The molecule has 0 aromatic carbocycles. The third-order valence-electron chi connectivity index (χ3n) is 5.81. The summed E-state index contributed by atoms with van der Waals surface area (Å²) in [6, 6.07) is 0. The first-order valence-corrected chi connectivity index (χ1v) is 12.0. The van der Waals surface area contributed by atoms with Gasteiger partial charge in [-0.2, -0.15) is 0 Å². The Morgan fingerprint density at radius 1 is 0.852 bits per heavy atom. The van der Waals surface area contributed by atoms with Crippen molar-refractivity contribution >= 4 is 5.84 Å². The second-order valence-electron chi connectivity index (χ2n) is 8.11. The predicted molar refractivity (Wildman–Crippen MR) is 121 cm³/mol. The molecule has 1 aliphatic rings. The van der Waals surface area contributed by atoms with Crippen LogP contribution in [0.2, 0.25) is 0 Å². The first kappa shape index (κ1) is 24.2. The SMILES string of the molecule is CCCCCCCC/C=C/CCCCCCCC1=[N+](CC)CCN1CCN. The van der Waals surface area contributed by atoms with Crippen molar-refractivity contribution in [2.75, 3.05) is 32.7 Å². The highest BCUT2D eigenvalue weighted by molar-refractivity contribution is 5.78. The Morgan fingerprint density at radius 3 is 2.04 bits per heavy atom. The molecule has 0 aromatic heterocycles. The van der Waals surface area contributed by atoms with Crippen molar-refractivity contribution in [1.29, 1.82) is 0 Å². The lowest BCUT2D eigenvalue weighted by molar-refractivity contribution is -0.515. The van der Waals surface area contributed by atoms with Crippen LogP contribution in [0.4, 0.5) is 0 Å².